The smallest absolute Gasteiger partial charge is 0.133 e. The number of rotatable bonds is 4. The van der Waals surface area contributed by atoms with Gasteiger partial charge < -0.3 is 4.74 Å². The van der Waals surface area contributed by atoms with Gasteiger partial charge in [-0.1, -0.05) is 35.3 Å². The van der Waals surface area contributed by atoms with Gasteiger partial charge in [-0.3, -0.25) is 0 Å². The molecule has 0 N–H and O–H groups in total. The molecular weight excluding hydrogens is 382 g/mol. The minimum Gasteiger partial charge on any atom is -0.496 e. The standard InChI is InChI=1S/C15H12BrCl3O/c1-20-15-5-3-10(8-11(15)16)13(18)6-9-2-4-12(17)14(19)7-9/h2-5,7-8,13H,6H2,1H3. The summed E-state index contributed by atoms with van der Waals surface area (Å²) in [5.74, 6) is 0.784. The third-order valence-electron chi connectivity index (χ3n) is 2.94. The van der Waals surface area contributed by atoms with Gasteiger partial charge in [0.25, 0.3) is 0 Å². The van der Waals surface area contributed by atoms with E-state index >= 15 is 0 Å². The molecule has 0 spiro atoms. The Morgan fingerprint density at radius 1 is 1.10 bits per heavy atom. The first kappa shape index (κ1) is 16.0. The molecule has 0 bridgehead atoms. The van der Waals surface area contributed by atoms with Gasteiger partial charge in [-0.25, -0.2) is 0 Å². The monoisotopic (exact) mass is 392 g/mol. The Balaban J connectivity index is 2.17. The normalized spacial score (nSPS) is 12.2. The summed E-state index contributed by atoms with van der Waals surface area (Å²) >= 11 is 21.8. The highest BCUT2D eigenvalue weighted by Crippen LogP contribution is 2.33. The van der Waals surface area contributed by atoms with Gasteiger partial charge in [0.2, 0.25) is 0 Å². The summed E-state index contributed by atoms with van der Waals surface area (Å²) in [6, 6.07) is 11.4. The molecule has 5 heteroatoms. The van der Waals surface area contributed by atoms with Crippen LogP contribution in [0.25, 0.3) is 0 Å². The zero-order valence-corrected chi connectivity index (χ0v) is 14.5. The van der Waals surface area contributed by atoms with E-state index < -0.39 is 0 Å². The van der Waals surface area contributed by atoms with E-state index in [9.17, 15) is 0 Å². The van der Waals surface area contributed by atoms with Crippen molar-refractivity contribution in [2.24, 2.45) is 0 Å². The molecule has 0 fully saturated rings. The van der Waals surface area contributed by atoms with Crippen molar-refractivity contribution in [3.05, 3.63) is 62.0 Å². The molecule has 1 nitrogen and oxygen atoms in total. The zero-order chi connectivity index (χ0) is 14.7. The van der Waals surface area contributed by atoms with Crippen molar-refractivity contribution in [2.45, 2.75) is 11.8 Å². The lowest BCUT2D eigenvalue weighted by molar-refractivity contribution is 0.412. The first-order valence-electron chi connectivity index (χ1n) is 5.92. The molecule has 0 aromatic heterocycles. The number of halogens is 4. The fourth-order valence-corrected chi connectivity index (χ4v) is 3.06. The largest absolute Gasteiger partial charge is 0.496 e. The van der Waals surface area contributed by atoms with Gasteiger partial charge in [-0.15, -0.1) is 11.6 Å². The van der Waals surface area contributed by atoms with Crippen LogP contribution >= 0.6 is 50.7 Å². The van der Waals surface area contributed by atoms with Crippen LogP contribution in [0.2, 0.25) is 10.0 Å². The molecule has 0 aliphatic carbocycles. The van der Waals surface area contributed by atoms with Gasteiger partial charge in [0.05, 0.1) is 27.0 Å². The molecule has 0 aliphatic rings. The Hall–Kier alpha value is -0.410. The van der Waals surface area contributed by atoms with E-state index in [-0.39, 0.29) is 5.38 Å². The molecule has 0 amide bonds. The molecule has 2 aromatic carbocycles. The van der Waals surface area contributed by atoms with E-state index in [0.29, 0.717) is 16.5 Å². The summed E-state index contributed by atoms with van der Waals surface area (Å²) in [5.41, 5.74) is 2.07. The topological polar surface area (TPSA) is 9.23 Å². The van der Waals surface area contributed by atoms with Crippen LogP contribution in [0, 0.1) is 0 Å². The minimum atomic E-state index is -0.144. The second kappa shape index (κ2) is 7.04. The number of hydrogen-bond acceptors (Lipinski definition) is 1. The molecule has 2 rings (SSSR count). The molecular formula is C15H12BrCl3O. The van der Waals surface area contributed by atoms with E-state index in [1.165, 1.54) is 0 Å². The van der Waals surface area contributed by atoms with Crippen LogP contribution < -0.4 is 4.74 Å². The Labute approximate surface area is 141 Å². The van der Waals surface area contributed by atoms with Gasteiger partial charge >= 0.3 is 0 Å². The van der Waals surface area contributed by atoms with E-state index in [4.69, 9.17) is 39.5 Å². The number of ether oxygens (including phenoxy) is 1. The second-order valence-electron chi connectivity index (χ2n) is 4.31. The third-order valence-corrected chi connectivity index (χ3v) is 4.70. The van der Waals surface area contributed by atoms with Crippen LogP contribution in [0.5, 0.6) is 5.75 Å². The summed E-state index contributed by atoms with van der Waals surface area (Å²) in [4.78, 5) is 0. The Morgan fingerprint density at radius 3 is 2.45 bits per heavy atom. The second-order valence-corrected chi connectivity index (χ2v) is 6.51. The van der Waals surface area contributed by atoms with Gasteiger partial charge in [0.1, 0.15) is 5.75 Å². The van der Waals surface area contributed by atoms with Gasteiger partial charge in [-0.2, -0.15) is 0 Å². The maximum Gasteiger partial charge on any atom is 0.133 e. The average Bonchev–Trinajstić information content (AvgIpc) is 2.42. The van der Waals surface area contributed by atoms with E-state index in [1.54, 1.807) is 13.2 Å². The predicted molar refractivity (Wildman–Crippen MR) is 89.5 cm³/mol. The summed E-state index contributed by atoms with van der Waals surface area (Å²) in [6.45, 7) is 0. The first-order chi connectivity index (χ1) is 9.51. The maximum absolute atomic E-state index is 6.46. The lowest BCUT2D eigenvalue weighted by atomic mass is 10.0. The summed E-state index contributed by atoms with van der Waals surface area (Å²) in [6.07, 6.45) is 0.678. The summed E-state index contributed by atoms with van der Waals surface area (Å²) in [7, 11) is 1.63. The number of hydrogen-bond donors (Lipinski definition) is 0. The van der Waals surface area contributed by atoms with Crippen molar-refractivity contribution in [1.29, 1.82) is 0 Å². The summed E-state index contributed by atoms with van der Waals surface area (Å²) < 4.78 is 6.09. The molecule has 20 heavy (non-hydrogen) atoms. The fourth-order valence-electron chi connectivity index (χ4n) is 1.87. The summed E-state index contributed by atoms with van der Waals surface area (Å²) in [5, 5.41) is 0.951. The molecule has 2 aromatic rings. The van der Waals surface area contributed by atoms with Crippen molar-refractivity contribution in [2.75, 3.05) is 7.11 Å². The van der Waals surface area contributed by atoms with Crippen LogP contribution in [0.4, 0.5) is 0 Å². The molecule has 0 saturated heterocycles. The van der Waals surface area contributed by atoms with E-state index in [2.05, 4.69) is 15.9 Å². The van der Waals surface area contributed by atoms with Gasteiger partial charge in [0, 0.05) is 0 Å². The number of alkyl halides is 1. The van der Waals surface area contributed by atoms with Crippen LogP contribution in [0.1, 0.15) is 16.5 Å². The molecule has 0 heterocycles. The highest BCUT2D eigenvalue weighted by Gasteiger charge is 2.12. The van der Waals surface area contributed by atoms with Crippen molar-refractivity contribution >= 4 is 50.7 Å². The average molecular weight is 395 g/mol. The molecule has 1 atom stereocenters. The molecule has 1 unspecified atom stereocenters. The SMILES string of the molecule is COc1ccc(C(Cl)Cc2ccc(Cl)c(Cl)c2)cc1Br. The Morgan fingerprint density at radius 2 is 1.85 bits per heavy atom. The van der Waals surface area contributed by atoms with Crippen LogP contribution in [0.15, 0.2) is 40.9 Å². The molecule has 106 valence electrons. The van der Waals surface area contributed by atoms with Gasteiger partial charge in [0.15, 0.2) is 0 Å². The number of methoxy groups -OCH3 is 1. The predicted octanol–water partition coefficient (Wildman–Crippen LogP) is 6.29. The van der Waals surface area contributed by atoms with E-state index in [0.717, 1.165) is 21.3 Å². The lowest BCUT2D eigenvalue weighted by Crippen LogP contribution is -1.97. The van der Waals surface area contributed by atoms with Crippen molar-refractivity contribution in [3.8, 4) is 5.75 Å². The lowest BCUT2D eigenvalue weighted by Gasteiger charge is -2.12. The van der Waals surface area contributed by atoms with Crippen LogP contribution in [-0.2, 0) is 6.42 Å². The third kappa shape index (κ3) is 3.82. The zero-order valence-electron chi connectivity index (χ0n) is 10.7. The van der Waals surface area contributed by atoms with E-state index in [1.807, 2.05) is 30.3 Å². The first-order valence-corrected chi connectivity index (χ1v) is 7.91. The van der Waals surface area contributed by atoms with Crippen LogP contribution in [0.3, 0.4) is 0 Å². The quantitative estimate of drug-likeness (QED) is 0.554. The minimum absolute atomic E-state index is 0.144. The Bertz CT molecular complexity index is 616. The maximum atomic E-state index is 6.46. The number of benzene rings is 2. The van der Waals surface area contributed by atoms with Crippen molar-refractivity contribution < 1.29 is 4.74 Å². The highest BCUT2D eigenvalue weighted by atomic mass is 79.9. The van der Waals surface area contributed by atoms with Crippen molar-refractivity contribution in [3.63, 3.8) is 0 Å². The molecule has 0 saturated carbocycles. The van der Waals surface area contributed by atoms with Crippen LogP contribution in [-0.4, -0.2) is 7.11 Å². The highest BCUT2D eigenvalue weighted by molar-refractivity contribution is 9.10. The van der Waals surface area contributed by atoms with Gasteiger partial charge in [-0.05, 0) is 57.7 Å². The molecule has 0 aliphatic heterocycles. The fraction of sp³-hybridized carbons (Fsp3) is 0.200. The van der Waals surface area contributed by atoms with Crippen molar-refractivity contribution in [1.82, 2.24) is 0 Å². The Kier molecular flexibility index (Phi) is 5.62. The molecule has 0 radical (unpaired) electrons.